The first-order valence-electron chi connectivity index (χ1n) is 20.8. The first-order valence-corrected chi connectivity index (χ1v) is 20.8. The Morgan fingerprint density at radius 1 is 0.254 bits per heavy atom. The number of hydrogen-bond acceptors (Lipinski definition) is 0. The summed E-state index contributed by atoms with van der Waals surface area (Å²) in [6.07, 6.45) is 0. The molecule has 0 N–H and O–H groups in total. The Bertz CT molecular complexity index is 3500. The molecule has 11 aromatic rings. The molecule has 0 amide bonds. The van der Waals surface area contributed by atoms with Crippen LogP contribution in [0.3, 0.4) is 0 Å². The van der Waals surface area contributed by atoms with Crippen LogP contribution in [0, 0.1) is 0 Å². The second-order valence-electron chi connectivity index (χ2n) is 16.8. The second kappa shape index (κ2) is 12.9. The Morgan fingerprint density at radius 3 is 1.29 bits per heavy atom. The first kappa shape index (κ1) is 33.8. The van der Waals surface area contributed by atoms with Gasteiger partial charge in [0.2, 0.25) is 0 Å². The summed E-state index contributed by atoms with van der Waals surface area (Å²) >= 11 is 0. The fraction of sp³-hybridized carbons (Fsp3) is 0.0508. The van der Waals surface area contributed by atoms with Crippen molar-refractivity contribution < 1.29 is 0 Å². The zero-order valence-electron chi connectivity index (χ0n) is 33.1. The average Bonchev–Trinajstić information content (AvgIpc) is 3.53. The lowest BCUT2D eigenvalue weighted by Crippen LogP contribution is -2.14. The van der Waals surface area contributed by atoms with E-state index < -0.39 is 0 Å². The van der Waals surface area contributed by atoms with E-state index in [9.17, 15) is 0 Å². The molecule has 11 aromatic carbocycles. The molecule has 0 heterocycles. The minimum Gasteiger partial charge on any atom is -0.0616 e. The van der Waals surface area contributed by atoms with Crippen LogP contribution in [-0.4, -0.2) is 0 Å². The molecular weight excluding hydrogens is 709 g/mol. The molecule has 0 saturated carbocycles. The van der Waals surface area contributed by atoms with Gasteiger partial charge in [-0.2, -0.15) is 0 Å². The highest BCUT2D eigenvalue weighted by Gasteiger charge is 2.36. The van der Waals surface area contributed by atoms with Crippen LogP contribution >= 0.6 is 0 Å². The van der Waals surface area contributed by atoms with Gasteiger partial charge in [0.15, 0.2) is 0 Å². The van der Waals surface area contributed by atoms with Crippen LogP contribution in [0.2, 0.25) is 0 Å². The van der Waals surface area contributed by atoms with Crippen LogP contribution in [0.25, 0.3) is 109 Å². The molecule has 59 heavy (non-hydrogen) atoms. The summed E-state index contributed by atoms with van der Waals surface area (Å²) in [5.74, 6) is 0. The molecule has 0 heteroatoms. The second-order valence-corrected chi connectivity index (χ2v) is 16.8. The average molecular weight is 749 g/mol. The van der Waals surface area contributed by atoms with Crippen LogP contribution in [0.4, 0.5) is 0 Å². The summed E-state index contributed by atoms with van der Waals surface area (Å²) in [6.45, 7) is 4.73. The van der Waals surface area contributed by atoms with Crippen molar-refractivity contribution in [1.29, 1.82) is 0 Å². The molecule has 0 aromatic heterocycles. The summed E-state index contributed by atoms with van der Waals surface area (Å²) in [5.41, 5.74) is 15.5. The molecule has 0 nitrogen and oxygen atoms in total. The van der Waals surface area contributed by atoms with E-state index in [1.807, 2.05) is 0 Å². The Labute approximate surface area is 344 Å². The molecule has 0 saturated heterocycles. The minimum absolute atomic E-state index is 0.0448. The zero-order chi connectivity index (χ0) is 39.2. The quantitative estimate of drug-likeness (QED) is 0.157. The van der Waals surface area contributed by atoms with Crippen molar-refractivity contribution in [2.24, 2.45) is 0 Å². The van der Waals surface area contributed by atoms with Crippen LogP contribution in [0.15, 0.2) is 206 Å². The molecular formula is C59H40. The van der Waals surface area contributed by atoms with Gasteiger partial charge in [-0.1, -0.05) is 208 Å². The number of benzene rings is 11. The maximum Gasteiger partial charge on any atom is 0.0159 e. The van der Waals surface area contributed by atoms with Crippen molar-refractivity contribution in [2.75, 3.05) is 0 Å². The zero-order valence-corrected chi connectivity index (χ0v) is 33.1. The van der Waals surface area contributed by atoms with E-state index in [-0.39, 0.29) is 5.41 Å². The predicted molar refractivity (Wildman–Crippen MR) is 253 cm³/mol. The van der Waals surface area contributed by atoms with E-state index in [1.54, 1.807) is 0 Å². The largest absolute Gasteiger partial charge is 0.0616 e. The summed E-state index contributed by atoms with van der Waals surface area (Å²) in [5, 5.41) is 12.7. The first-order chi connectivity index (χ1) is 29.0. The van der Waals surface area contributed by atoms with E-state index >= 15 is 0 Å². The molecule has 12 rings (SSSR count). The van der Waals surface area contributed by atoms with Gasteiger partial charge >= 0.3 is 0 Å². The molecule has 0 radical (unpaired) electrons. The highest BCUT2D eigenvalue weighted by Crippen LogP contribution is 2.52. The fourth-order valence-corrected chi connectivity index (χ4v) is 10.4. The van der Waals surface area contributed by atoms with Gasteiger partial charge in [-0.25, -0.2) is 0 Å². The predicted octanol–water partition coefficient (Wildman–Crippen LogP) is 16.4. The minimum atomic E-state index is -0.0448. The maximum absolute atomic E-state index is 2.45. The van der Waals surface area contributed by atoms with Crippen LogP contribution < -0.4 is 0 Å². The van der Waals surface area contributed by atoms with Crippen LogP contribution in [0.5, 0.6) is 0 Å². The Hall–Kier alpha value is -7.28. The van der Waals surface area contributed by atoms with E-state index in [0.717, 1.165) is 0 Å². The van der Waals surface area contributed by atoms with Crippen molar-refractivity contribution in [3.8, 4) is 55.6 Å². The number of rotatable bonds is 4. The molecule has 276 valence electrons. The standard InChI is InChI=1S/C59H40/c1-59(2)54-33-31-43(36-53(54)58-46-20-8-5-15-41(46)30-34-55(58)59)38-27-25-37(26-28-38)42-29-32-51-52(35-42)57(48-24-12-17-40-14-4-7-19-45(40)48)50-22-10-9-21-49(50)56(51)47-23-11-16-39-13-3-6-18-44(39)47/h3-36H,1-2H3. The Kier molecular flexibility index (Phi) is 7.38. The van der Waals surface area contributed by atoms with E-state index in [4.69, 9.17) is 0 Å². The lowest BCUT2D eigenvalue weighted by Gasteiger charge is -2.21. The maximum atomic E-state index is 2.45. The molecule has 0 unspecified atom stereocenters. The van der Waals surface area contributed by atoms with Gasteiger partial charge in [0, 0.05) is 5.41 Å². The molecule has 0 atom stereocenters. The Morgan fingerprint density at radius 2 is 0.678 bits per heavy atom. The highest BCUT2D eigenvalue weighted by atomic mass is 14.4. The van der Waals surface area contributed by atoms with Gasteiger partial charge in [0.05, 0.1) is 0 Å². The molecule has 1 aliphatic rings. The third kappa shape index (κ3) is 5.09. The normalized spacial score (nSPS) is 13.1. The van der Waals surface area contributed by atoms with Gasteiger partial charge in [-0.3, -0.25) is 0 Å². The summed E-state index contributed by atoms with van der Waals surface area (Å²) < 4.78 is 0. The van der Waals surface area contributed by atoms with Gasteiger partial charge in [-0.15, -0.1) is 0 Å². The van der Waals surface area contributed by atoms with Crippen LogP contribution in [-0.2, 0) is 5.41 Å². The van der Waals surface area contributed by atoms with E-state index in [1.165, 1.54) is 121 Å². The molecule has 0 fully saturated rings. The molecule has 0 spiro atoms. The monoisotopic (exact) mass is 748 g/mol. The van der Waals surface area contributed by atoms with Gasteiger partial charge < -0.3 is 0 Å². The molecule has 1 aliphatic carbocycles. The van der Waals surface area contributed by atoms with E-state index in [2.05, 4.69) is 220 Å². The highest BCUT2D eigenvalue weighted by molar-refractivity contribution is 6.25. The molecule has 0 bridgehead atoms. The fourth-order valence-electron chi connectivity index (χ4n) is 10.4. The van der Waals surface area contributed by atoms with Crippen molar-refractivity contribution in [2.45, 2.75) is 19.3 Å². The number of fused-ring (bicyclic) bond motifs is 9. The third-order valence-corrected chi connectivity index (χ3v) is 13.3. The van der Waals surface area contributed by atoms with E-state index in [0.29, 0.717) is 0 Å². The van der Waals surface area contributed by atoms with Gasteiger partial charge in [-0.05, 0) is 133 Å². The lowest BCUT2D eigenvalue weighted by molar-refractivity contribution is 0.661. The molecule has 0 aliphatic heterocycles. The number of hydrogen-bond donors (Lipinski definition) is 0. The van der Waals surface area contributed by atoms with Crippen molar-refractivity contribution in [1.82, 2.24) is 0 Å². The summed E-state index contributed by atoms with van der Waals surface area (Å²) in [6, 6.07) is 77.0. The van der Waals surface area contributed by atoms with Crippen LogP contribution in [0.1, 0.15) is 25.0 Å². The Balaban J connectivity index is 1.05. The lowest BCUT2D eigenvalue weighted by atomic mass is 9.82. The SMILES string of the molecule is CC1(C)c2ccc(-c3ccc(-c4ccc5c(-c6cccc7ccccc67)c6ccccc6c(-c6cccc7ccccc67)c5c4)cc3)cc2-c2c1ccc1ccccc21. The van der Waals surface area contributed by atoms with Gasteiger partial charge in [0.1, 0.15) is 0 Å². The van der Waals surface area contributed by atoms with Gasteiger partial charge in [0.25, 0.3) is 0 Å². The topological polar surface area (TPSA) is 0 Å². The third-order valence-electron chi connectivity index (χ3n) is 13.3. The van der Waals surface area contributed by atoms with Crippen molar-refractivity contribution in [3.05, 3.63) is 217 Å². The smallest absolute Gasteiger partial charge is 0.0159 e. The van der Waals surface area contributed by atoms with Crippen molar-refractivity contribution >= 4 is 53.9 Å². The summed E-state index contributed by atoms with van der Waals surface area (Å²) in [7, 11) is 0. The summed E-state index contributed by atoms with van der Waals surface area (Å²) in [4.78, 5) is 0. The van der Waals surface area contributed by atoms with Crippen molar-refractivity contribution in [3.63, 3.8) is 0 Å².